The average molecular weight is 361 g/mol. The highest BCUT2D eigenvalue weighted by atomic mass is 19.1. The molecule has 5 nitrogen and oxygen atoms in total. The van der Waals surface area contributed by atoms with Crippen molar-refractivity contribution in [3.8, 4) is 17.5 Å². The van der Waals surface area contributed by atoms with E-state index in [4.69, 9.17) is 5.26 Å². The van der Waals surface area contributed by atoms with Crippen LogP contribution in [0.5, 0.6) is 0 Å². The van der Waals surface area contributed by atoms with Gasteiger partial charge in [0.25, 0.3) is 0 Å². The predicted octanol–water partition coefficient (Wildman–Crippen LogP) is 4.49. The largest absolute Gasteiger partial charge is 0.300 e. The molecule has 1 aromatic heterocycles. The molecule has 27 heavy (non-hydrogen) atoms. The van der Waals surface area contributed by atoms with Crippen molar-refractivity contribution in [2.45, 2.75) is 20.3 Å². The van der Waals surface area contributed by atoms with Crippen molar-refractivity contribution in [2.75, 3.05) is 7.05 Å². The van der Waals surface area contributed by atoms with Crippen LogP contribution in [0.4, 0.5) is 4.39 Å². The van der Waals surface area contributed by atoms with E-state index in [0.29, 0.717) is 17.8 Å². The second kappa shape index (κ2) is 7.42. The van der Waals surface area contributed by atoms with E-state index in [-0.39, 0.29) is 5.56 Å². The third-order valence-corrected chi connectivity index (χ3v) is 4.25. The van der Waals surface area contributed by atoms with Gasteiger partial charge < -0.3 is 0 Å². The Morgan fingerprint density at radius 3 is 2.78 bits per heavy atom. The zero-order chi connectivity index (χ0) is 19.6. The van der Waals surface area contributed by atoms with Gasteiger partial charge in [-0.15, -0.1) is 0 Å². The molecule has 0 amide bonds. The molecule has 0 fully saturated rings. The van der Waals surface area contributed by atoms with E-state index in [9.17, 15) is 4.39 Å². The van der Waals surface area contributed by atoms with E-state index < -0.39 is 5.82 Å². The van der Waals surface area contributed by atoms with E-state index in [2.05, 4.69) is 22.7 Å². The molecule has 0 saturated carbocycles. The molecule has 1 heterocycles. The van der Waals surface area contributed by atoms with Gasteiger partial charge in [0.1, 0.15) is 17.7 Å². The minimum Gasteiger partial charge on any atom is -0.300 e. The predicted molar refractivity (Wildman–Crippen MR) is 105 cm³/mol. The van der Waals surface area contributed by atoms with Crippen LogP contribution in [-0.4, -0.2) is 27.3 Å². The fraction of sp³-hybridized carbons (Fsp3) is 0.190. The van der Waals surface area contributed by atoms with Crippen molar-refractivity contribution < 1.29 is 4.39 Å². The lowest BCUT2D eigenvalue weighted by molar-refractivity contribution is 0.449. The Labute approximate surface area is 158 Å². The Balaban J connectivity index is 1.93. The van der Waals surface area contributed by atoms with Gasteiger partial charge >= 0.3 is 0 Å². The highest BCUT2D eigenvalue weighted by Crippen LogP contribution is 2.26. The van der Waals surface area contributed by atoms with E-state index in [0.717, 1.165) is 22.8 Å². The van der Waals surface area contributed by atoms with E-state index in [1.54, 1.807) is 11.1 Å². The average Bonchev–Trinajstić information content (AvgIpc) is 3.04. The quantitative estimate of drug-likeness (QED) is 0.754. The number of allylic oxidation sites excluding steroid dienone is 5. The van der Waals surface area contributed by atoms with Crippen LogP contribution in [0.2, 0.25) is 0 Å². The van der Waals surface area contributed by atoms with Crippen molar-refractivity contribution in [1.82, 2.24) is 14.6 Å². The standard InChI is InChI=1S/C21H20FN5/c1-14(2)26(4)25-18-7-9-19(10-8-18)27-13-15(3)24-21(27)16-5-6-17(12-23)20(22)11-16/h5-7,9-11,13H,1,8H2,2-4H3/b25-18-. The molecule has 0 N–H and O–H groups in total. The van der Waals surface area contributed by atoms with Gasteiger partial charge in [-0.1, -0.05) is 12.7 Å². The highest BCUT2D eigenvalue weighted by molar-refractivity contribution is 6.00. The molecule has 1 aromatic carbocycles. The van der Waals surface area contributed by atoms with Crippen LogP contribution in [-0.2, 0) is 0 Å². The van der Waals surface area contributed by atoms with Crippen LogP contribution in [0, 0.1) is 24.1 Å². The van der Waals surface area contributed by atoms with Crippen molar-refractivity contribution in [1.29, 1.82) is 5.26 Å². The summed E-state index contributed by atoms with van der Waals surface area (Å²) in [5.74, 6) is 0.0823. The summed E-state index contributed by atoms with van der Waals surface area (Å²) < 4.78 is 16.0. The number of rotatable bonds is 4. The molecule has 0 atom stereocenters. The maximum atomic E-state index is 14.0. The van der Waals surface area contributed by atoms with Gasteiger partial charge in [0.05, 0.1) is 17.0 Å². The summed E-state index contributed by atoms with van der Waals surface area (Å²) in [5.41, 5.74) is 4.19. The Kier molecular flexibility index (Phi) is 5.04. The first kappa shape index (κ1) is 18.3. The molecule has 1 aliphatic carbocycles. The molecule has 6 heteroatoms. The molecule has 2 aromatic rings. The molecule has 0 bridgehead atoms. The number of halogens is 1. The van der Waals surface area contributed by atoms with Gasteiger partial charge in [0.2, 0.25) is 0 Å². The summed E-state index contributed by atoms with van der Waals surface area (Å²) in [6, 6.07) is 6.37. The second-order valence-corrected chi connectivity index (χ2v) is 6.40. The van der Waals surface area contributed by atoms with Crippen molar-refractivity contribution in [3.05, 3.63) is 72.0 Å². The third kappa shape index (κ3) is 3.87. The summed E-state index contributed by atoms with van der Waals surface area (Å²) in [4.78, 5) is 4.53. The summed E-state index contributed by atoms with van der Waals surface area (Å²) in [7, 11) is 1.86. The zero-order valence-corrected chi connectivity index (χ0v) is 15.6. The number of aromatic nitrogens is 2. The minimum absolute atomic E-state index is 0.0211. The van der Waals surface area contributed by atoms with Crippen molar-refractivity contribution >= 4 is 11.4 Å². The van der Waals surface area contributed by atoms with E-state index >= 15 is 0 Å². The first-order valence-corrected chi connectivity index (χ1v) is 8.50. The van der Waals surface area contributed by atoms with Gasteiger partial charge in [-0.25, -0.2) is 9.37 Å². The first-order valence-electron chi connectivity index (χ1n) is 8.50. The summed E-state index contributed by atoms with van der Waals surface area (Å²) in [5, 5.41) is 15.1. The fourth-order valence-corrected chi connectivity index (χ4v) is 2.70. The maximum absolute atomic E-state index is 14.0. The number of hydrazone groups is 1. The molecular weight excluding hydrogens is 341 g/mol. The first-order chi connectivity index (χ1) is 12.9. The van der Waals surface area contributed by atoms with Gasteiger partial charge in [-0.2, -0.15) is 10.4 Å². The SMILES string of the molecule is C=C(C)N(C)/N=C1/C=CC(n2cc(C)nc2-c2ccc(C#N)c(F)c2)=CC1. The van der Waals surface area contributed by atoms with Crippen molar-refractivity contribution in [3.63, 3.8) is 0 Å². The van der Waals surface area contributed by atoms with E-state index in [1.165, 1.54) is 12.1 Å². The van der Waals surface area contributed by atoms with Crippen LogP contribution in [0.25, 0.3) is 17.1 Å². The topological polar surface area (TPSA) is 57.2 Å². The third-order valence-electron chi connectivity index (χ3n) is 4.25. The lowest BCUT2D eigenvalue weighted by Gasteiger charge is -2.16. The van der Waals surface area contributed by atoms with Crippen LogP contribution in [0.3, 0.4) is 0 Å². The number of nitriles is 1. The molecule has 0 radical (unpaired) electrons. The molecule has 0 unspecified atom stereocenters. The second-order valence-electron chi connectivity index (χ2n) is 6.40. The van der Waals surface area contributed by atoms with Crippen LogP contribution in [0.1, 0.15) is 24.6 Å². The number of hydrogen-bond acceptors (Lipinski definition) is 4. The molecular formula is C21H20FN5. The number of nitrogens with zero attached hydrogens (tertiary/aromatic N) is 5. The normalized spacial score (nSPS) is 14.8. The number of aryl methyl sites for hydroxylation is 1. The lowest BCUT2D eigenvalue weighted by atomic mass is 10.1. The Bertz CT molecular complexity index is 1030. The molecule has 0 aliphatic heterocycles. The lowest BCUT2D eigenvalue weighted by Crippen LogP contribution is -2.12. The van der Waals surface area contributed by atoms with Crippen molar-refractivity contribution in [2.24, 2.45) is 5.10 Å². The van der Waals surface area contributed by atoms with Gasteiger partial charge in [-0.05, 0) is 44.2 Å². The molecule has 1 aliphatic rings. The monoisotopic (exact) mass is 361 g/mol. The smallest absolute Gasteiger partial charge is 0.144 e. The van der Waals surface area contributed by atoms with Gasteiger partial charge in [0, 0.05) is 36.6 Å². The number of benzene rings is 1. The molecule has 0 spiro atoms. The Morgan fingerprint density at radius 1 is 1.41 bits per heavy atom. The molecule has 136 valence electrons. The van der Waals surface area contributed by atoms with Gasteiger partial charge in [0.15, 0.2) is 0 Å². The maximum Gasteiger partial charge on any atom is 0.144 e. The van der Waals surface area contributed by atoms with Crippen LogP contribution < -0.4 is 0 Å². The Morgan fingerprint density at radius 2 is 2.19 bits per heavy atom. The van der Waals surface area contributed by atoms with Crippen LogP contribution >= 0.6 is 0 Å². The Hall–Kier alpha value is -3.46. The molecule has 0 saturated heterocycles. The van der Waals surface area contributed by atoms with Gasteiger partial charge in [-0.3, -0.25) is 9.58 Å². The van der Waals surface area contributed by atoms with E-state index in [1.807, 2.05) is 49.9 Å². The number of hydrogen-bond donors (Lipinski definition) is 0. The highest BCUT2D eigenvalue weighted by Gasteiger charge is 2.14. The molecule has 3 rings (SSSR count). The summed E-state index contributed by atoms with van der Waals surface area (Å²) in [6.07, 6.45) is 8.54. The zero-order valence-electron chi connectivity index (χ0n) is 15.6. The van der Waals surface area contributed by atoms with Crippen LogP contribution in [0.15, 0.2) is 60.0 Å². The fourth-order valence-electron chi connectivity index (χ4n) is 2.70. The summed E-state index contributed by atoms with van der Waals surface area (Å²) in [6.45, 7) is 7.66. The minimum atomic E-state index is -0.548. The number of imidazole rings is 1. The summed E-state index contributed by atoms with van der Waals surface area (Å²) >= 11 is 0.